The van der Waals surface area contributed by atoms with Gasteiger partial charge in [0.15, 0.2) is 0 Å². The van der Waals surface area contributed by atoms with Crippen molar-refractivity contribution >= 4 is 11.6 Å². The molecule has 2 atom stereocenters. The number of aryl methyl sites for hydroxylation is 2. The van der Waals surface area contributed by atoms with Crippen LogP contribution in [0.15, 0.2) is 66.9 Å². The summed E-state index contributed by atoms with van der Waals surface area (Å²) < 4.78 is 7.85. The molecule has 6 rings (SSSR count). The van der Waals surface area contributed by atoms with Crippen molar-refractivity contribution in [2.45, 2.75) is 52.2 Å². The molecule has 40 heavy (non-hydrogen) atoms. The number of imidazole rings is 1. The second-order valence-corrected chi connectivity index (χ2v) is 11.6. The average molecular weight is 537 g/mol. The van der Waals surface area contributed by atoms with Gasteiger partial charge in [0.2, 0.25) is 5.91 Å². The minimum absolute atomic E-state index is 0.109. The Morgan fingerprint density at radius 1 is 0.900 bits per heavy atom. The molecule has 0 unspecified atom stereocenters. The van der Waals surface area contributed by atoms with Crippen LogP contribution in [0.25, 0.3) is 28.0 Å². The molecule has 6 nitrogen and oxygen atoms in total. The number of carbonyl (C=O) groups excluding carboxylic acids is 1. The van der Waals surface area contributed by atoms with E-state index in [1.165, 1.54) is 27.9 Å². The second-order valence-electron chi connectivity index (χ2n) is 11.6. The number of aromatic nitrogens is 2. The summed E-state index contributed by atoms with van der Waals surface area (Å²) in [5.41, 5.74) is 9.22. The molecule has 6 heteroatoms. The number of carbonyl (C=O) groups is 1. The fourth-order valence-corrected chi connectivity index (χ4v) is 6.36. The Hall–Kier alpha value is -3.48. The van der Waals surface area contributed by atoms with E-state index in [0.29, 0.717) is 5.91 Å². The molecule has 4 aromatic rings. The van der Waals surface area contributed by atoms with Gasteiger partial charge in [0.1, 0.15) is 5.65 Å². The number of ether oxygens (including phenoxy) is 1. The highest BCUT2D eigenvalue weighted by molar-refractivity contribution is 5.79. The largest absolute Gasteiger partial charge is 0.381 e. The molecule has 1 saturated heterocycles. The monoisotopic (exact) mass is 536 g/mol. The van der Waals surface area contributed by atoms with Gasteiger partial charge >= 0.3 is 0 Å². The smallest absolute Gasteiger partial charge is 0.225 e. The highest BCUT2D eigenvalue weighted by atomic mass is 16.5. The average Bonchev–Trinajstić information content (AvgIpc) is 3.35. The van der Waals surface area contributed by atoms with Gasteiger partial charge < -0.3 is 14.0 Å². The van der Waals surface area contributed by atoms with Gasteiger partial charge in [0, 0.05) is 57.5 Å². The summed E-state index contributed by atoms with van der Waals surface area (Å²) in [6, 6.07) is 21.6. The lowest BCUT2D eigenvalue weighted by atomic mass is 9.86. The number of amides is 1. The van der Waals surface area contributed by atoms with Gasteiger partial charge in [-0.05, 0) is 56.4 Å². The van der Waals surface area contributed by atoms with Crippen LogP contribution in [0.5, 0.6) is 0 Å². The predicted molar refractivity (Wildman–Crippen MR) is 160 cm³/mol. The van der Waals surface area contributed by atoms with Crippen molar-refractivity contribution in [1.29, 1.82) is 0 Å². The van der Waals surface area contributed by atoms with Gasteiger partial charge in [-0.15, -0.1) is 0 Å². The zero-order chi connectivity index (χ0) is 27.6. The maximum Gasteiger partial charge on any atom is 0.225 e. The zero-order valence-corrected chi connectivity index (χ0v) is 24.0. The van der Waals surface area contributed by atoms with Crippen LogP contribution in [0.4, 0.5) is 0 Å². The molecular formula is C34H40N4O2. The van der Waals surface area contributed by atoms with Crippen LogP contribution in [-0.4, -0.2) is 64.5 Å². The highest BCUT2D eigenvalue weighted by Gasteiger charge is 2.32. The molecule has 1 saturated carbocycles. The van der Waals surface area contributed by atoms with E-state index in [9.17, 15) is 4.79 Å². The molecule has 1 aliphatic carbocycles. The Labute approximate surface area is 237 Å². The molecule has 3 heterocycles. The van der Waals surface area contributed by atoms with Gasteiger partial charge in [-0.1, -0.05) is 66.1 Å². The molecule has 1 aliphatic heterocycles. The Kier molecular flexibility index (Phi) is 7.72. The molecule has 2 fully saturated rings. The van der Waals surface area contributed by atoms with E-state index in [-0.39, 0.29) is 12.0 Å². The third-order valence-corrected chi connectivity index (χ3v) is 8.76. The third kappa shape index (κ3) is 5.56. The van der Waals surface area contributed by atoms with Crippen molar-refractivity contribution in [3.63, 3.8) is 0 Å². The van der Waals surface area contributed by atoms with E-state index in [2.05, 4.69) is 94.9 Å². The zero-order valence-electron chi connectivity index (χ0n) is 24.0. The normalized spacial score (nSPS) is 20.2. The lowest BCUT2D eigenvalue weighted by molar-refractivity contribution is -0.140. The van der Waals surface area contributed by atoms with Crippen LogP contribution in [0, 0.1) is 19.8 Å². The summed E-state index contributed by atoms with van der Waals surface area (Å²) in [4.78, 5) is 23.0. The summed E-state index contributed by atoms with van der Waals surface area (Å²) in [6.45, 7) is 8.32. The molecule has 208 valence electrons. The Bertz CT molecular complexity index is 1480. The van der Waals surface area contributed by atoms with E-state index in [4.69, 9.17) is 9.72 Å². The van der Waals surface area contributed by atoms with Crippen LogP contribution < -0.4 is 0 Å². The predicted octanol–water partition coefficient (Wildman–Crippen LogP) is 6.13. The van der Waals surface area contributed by atoms with E-state index in [1.54, 1.807) is 7.11 Å². The number of hydrogen-bond donors (Lipinski definition) is 0. The number of benzene rings is 2. The number of nitrogens with zero attached hydrogens (tertiary/aromatic N) is 4. The lowest BCUT2D eigenvalue weighted by Gasteiger charge is -2.38. The van der Waals surface area contributed by atoms with Gasteiger partial charge in [-0.2, -0.15) is 0 Å². The van der Waals surface area contributed by atoms with Gasteiger partial charge in [0.05, 0.1) is 17.5 Å². The van der Waals surface area contributed by atoms with E-state index in [1.807, 2.05) is 0 Å². The van der Waals surface area contributed by atoms with Crippen molar-refractivity contribution in [2.24, 2.45) is 5.92 Å². The first-order chi connectivity index (χ1) is 19.5. The number of methoxy groups -OCH3 is 1. The summed E-state index contributed by atoms with van der Waals surface area (Å²) >= 11 is 0. The standard InChI is InChI=1S/C34H40N4O2/c1-24-10-12-26(13-11-24)33-31(38-22-29(14-15-32(38)35-33)27-7-4-6-25(2)20-27)23-36-16-18-37(19-17-36)34(39)28-8-5-9-30(21-28)40-3/h4,6-7,10-15,20,22,28,30H,5,8-9,16-19,21,23H2,1-3H3/t28-,30-/m1/s1. The van der Waals surface area contributed by atoms with E-state index >= 15 is 0 Å². The number of fused-ring (bicyclic) bond motifs is 1. The summed E-state index contributed by atoms with van der Waals surface area (Å²) in [5, 5.41) is 0. The van der Waals surface area contributed by atoms with E-state index in [0.717, 1.165) is 75.3 Å². The first-order valence-electron chi connectivity index (χ1n) is 14.7. The summed E-state index contributed by atoms with van der Waals surface area (Å²) in [5.74, 6) is 0.427. The number of hydrogen-bond acceptors (Lipinski definition) is 4. The minimum atomic E-state index is 0.109. The van der Waals surface area contributed by atoms with Crippen molar-refractivity contribution in [3.05, 3.63) is 83.7 Å². The molecule has 2 aromatic heterocycles. The molecule has 0 bridgehead atoms. The number of rotatable bonds is 6. The quantitative estimate of drug-likeness (QED) is 0.297. The molecule has 2 aromatic carbocycles. The first-order valence-corrected chi connectivity index (χ1v) is 14.7. The lowest BCUT2D eigenvalue weighted by Crippen LogP contribution is -2.50. The van der Waals surface area contributed by atoms with Gasteiger partial charge in [-0.25, -0.2) is 4.98 Å². The maximum atomic E-state index is 13.3. The van der Waals surface area contributed by atoms with Crippen LogP contribution in [0.1, 0.15) is 42.5 Å². The molecule has 1 amide bonds. The van der Waals surface area contributed by atoms with Crippen LogP contribution >= 0.6 is 0 Å². The third-order valence-electron chi connectivity index (χ3n) is 8.76. The molecule has 2 aliphatic rings. The van der Waals surface area contributed by atoms with Crippen LogP contribution in [0.3, 0.4) is 0 Å². The summed E-state index contributed by atoms with van der Waals surface area (Å²) in [7, 11) is 1.77. The van der Waals surface area contributed by atoms with E-state index < -0.39 is 0 Å². The fraction of sp³-hybridized carbons (Fsp3) is 0.412. The SMILES string of the molecule is CO[C@@H]1CCC[C@@H](C(=O)N2CCN(Cc3c(-c4ccc(C)cc4)nc4ccc(-c5cccc(C)c5)cn34)CC2)C1. The second kappa shape index (κ2) is 11.6. The van der Waals surface area contributed by atoms with Gasteiger partial charge in [0.25, 0.3) is 0 Å². The fourth-order valence-electron chi connectivity index (χ4n) is 6.36. The van der Waals surface area contributed by atoms with Crippen molar-refractivity contribution in [1.82, 2.24) is 19.2 Å². The molecule has 0 radical (unpaired) electrons. The maximum absolute atomic E-state index is 13.3. The Morgan fingerprint density at radius 2 is 1.68 bits per heavy atom. The topological polar surface area (TPSA) is 50.1 Å². The molecule has 0 spiro atoms. The number of pyridine rings is 1. The first kappa shape index (κ1) is 26.7. The number of piperazine rings is 1. The van der Waals surface area contributed by atoms with Crippen LogP contribution in [0.2, 0.25) is 0 Å². The summed E-state index contributed by atoms with van der Waals surface area (Å²) in [6.07, 6.45) is 6.46. The van der Waals surface area contributed by atoms with Crippen molar-refractivity contribution in [3.8, 4) is 22.4 Å². The minimum Gasteiger partial charge on any atom is -0.381 e. The van der Waals surface area contributed by atoms with Gasteiger partial charge in [-0.3, -0.25) is 9.69 Å². The Morgan fingerprint density at radius 3 is 2.42 bits per heavy atom. The van der Waals surface area contributed by atoms with Crippen molar-refractivity contribution in [2.75, 3.05) is 33.3 Å². The van der Waals surface area contributed by atoms with Crippen LogP contribution in [-0.2, 0) is 16.1 Å². The Balaban J connectivity index is 1.25. The van der Waals surface area contributed by atoms with Crippen molar-refractivity contribution < 1.29 is 9.53 Å². The molecule has 0 N–H and O–H groups in total. The highest BCUT2D eigenvalue weighted by Crippen LogP contribution is 2.31. The molecular weight excluding hydrogens is 496 g/mol.